The van der Waals surface area contributed by atoms with Crippen LogP contribution in [0.4, 0.5) is 0 Å². The van der Waals surface area contributed by atoms with E-state index < -0.39 is 12.1 Å². The maximum Gasteiger partial charge on any atom is 0.334 e. The molecule has 0 fully saturated rings. The first-order chi connectivity index (χ1) is 22.6. The predicted molar refractivity (Wildman–Crippen MR) is 196 cm³/mol. The fraction of sp³-hybridized carbons (Fsp3) is 0.854. The van der Waals surface area contributed by atoms with Gasteiger partial charge in [0.2, 0.25) is 0 Å². The van der Waals surface area contributed by atoms with Crippen LogP contribution in [-0.4, -0.2) is 36.4 Å². The smallest absolute Gasteiger partial charge is 0.334 e. The van der Waals surface area contributed by atoms with Crippen LogP contribution in [0.5, 0.6) is 0 Å². The maximum absolute atomic E-state index is 12.0. The van der Waals surface area contributed by atoms with Crippen LogP contribution in [0, 0.1) is 0 Å². The van der Waals surface area contributed by atoms with Crippen molar-refractivity contribution in [3.8, 4) is 0 Å². The molecule has 270 valence electrons. The van der Waals surface area contributed by atoms with Crippen molar-refractivity contribution in [3.05, 3.63) is 24.3 Å². The highest BCUT2D eigenvalue weighted by Crippen LogP contribution is 2.12. The van der Waals surface area contributed by atoms with Crippen molar-refractivity contribution in [1.82, 2.24) is 0 Å². The number of hydrogen-bond donors (Lipinski definition) is 1. The molecular formula is C41H76O5. The molecule has 0 bridgehead atoms. The first-order valence-electron chi connectivity index (χ1n) is 19.9. The summed E-state index contributed by atoms with van der Waals surface area (Å²) in [4.78, 5) is 24.0. The molecular weight excluding hydrogens is 572 g/mol. The molecule has 0 saturated heterocycles. The average molecular weight is 649 g/mol. The number of aliphatic hydroxyl groups excluding tert-OH is 1. The molecule has 0 aromatic rings. The summed E-state index contributed by atoms with van der Waals surface area (Å²) in [6.07, 6.45) is 42.9. The Labute approximate surface area is 285 Å². The molecule has 0 spiro atoms. The van der Waals surface area contributed by atoms with Gasteiger partial charge in [-0.05, 0) is 70.6 Å². The molecule has 5 heteroatoms. The fourth-order valence-electron chi connectivity index (χ4n) is 5.60. The fourth-order valence-corrected chi connectivity index (χ4v) is 5.60. The van der Waals surface area contributed by atoms with Crippen LogP contribution in [0.1, 0.15) is 206 Å². The second-order valence-corrected chi connectivity index (χ2v) is 13.3. The van der Waals surface area contributed by atoms with Crippen LogP contribution in [0.25, 0.3) is 0 Å². The zero-order valence-corrected chi connectivity index (χ0v) is 30.6. The summed E-state index contributed by atoms with van der Waals surface area (Å²) in [6, 6.07) is 0. The Balaban J connectivity index is 3.44. The predicted octanol–water partition coefficient (Wildman–Crippen LogP) is 12.3. The van der Waals surface area contributed by atoms with Gasteiger partial charge in [-0.2, -0.15) is 0 Å². The Hall–Kier alpha value is -1.62. The van der Waals surface area contributed by atoms with Crippen molar-refractivity contribution in [1.29, 1.82) is 0 Å². The summed E-state index contributed by atoms with van der Waals surface area (Å²) in [5, 5.41) is 10.0. The van der Waals surface area contributed by atoms with E-state index in [-0.39, 0.29) is 18.8 Å². The zero-order valence-electron chi connectivity index (χ0n) is 30.6. The van der Waals surface area contributed by atoms with Crippen LogP contribution in [0.15, 0.2) is 24.3 Å². The number of esters is 2. The third kappa shape index (κ3) is 35.2. The number of allylic oxidation sites excluding steroid dienone is 4. The topological polar surface area (TPSA) is 72.8 Å². The summed E-state index contributed by atoms with van der Waals surface area (Å²) in [6.45, 7) is 5.27. The SMILES string of the molecule is CCCCCCCC/C=C\CCCCCCCCOC(=O)CCC(O)C(=O)OCCCCCCCC/C=C\CCCCCCCC. The van der Waals surface area contributed by atoms with E-state index >= 15 is 0 Å². The summed E-state index contributed by atoms with van der Waals surface area (Å²) in [5.41, 5.74) is 0. The first kappa shape index (κ1) is 44.4. The molecule has 46 heavy (non-hydrogen) atoms. The number of carbonyl (C=O) groups is 2. The van der Waals surface area contributed by atoms with E-state index in [4.69, 9.17) is 9.47 Å². The van der Waals surface area contributed by atoms with Crippen LogP contribution >= 0.6 is 0 Å². The number of unbranched alkanes of at least 4 members (excludes halogenated alkanes) is 24. The minimum Gasteiger partial charge on any atom is -0.466 e. The van der Waals surface area contributed by atoms with E-state index in [9.17, 15) is 14.7 Å². The summed E-state index contributed by atoms with van der Waals surface area (Å²) >= 11 is 0. The van der Waals surface area contributed by atoms with Crippen LogP contribution in [0.3, 0.4) is 0 Å². The number of aliphatic hydroxyl groups is 1. The van der Waals surface area contributed by atoms with Gasteiger partial charge in [-0.15, -0.1) is 0 Å². The minimum atomic E-state index is -1.26. The van der Waals surface area contributed by atoms with Crippen molar-refractivity contribution in [3.63, 3.8) is 0 Å². The van der Waals surface area contributed by atoms with E-state index in [0.717, 1.165) is 32.1 Å². The average Bonchev–Trinajstić information content (AvgIpc) is 3.06. The van der Waals surface area contributed by atoms with E-state index in [1.54, 1.807) is 0 Å². The van der Waals surface area contributed by atoms with Crippen LogP contribution in [-0.2, 0) is 19.1 Å². The van der Waals surface area contributed by atoms with Crippen LogP contribution in [0.2, 0.25) is 0 Å². The molecule has 0 rings (SSSR count). The highest BCUT2D eigenvalue weighted by molar-refractivity contribution is 5.76. The third-order valence-electron chi connectivity index (χ3n) is 8.71. The molecule has 0 aliphatic rings. The Kier molecular flexibility index (Phi) is 36.5. The lowest BCUT2D eigenvalue weighted by atomic mass is 10.1. The number of hydrogen-bond acceptors (Lipinski definition) is 5. The van der Waals surface area contributed by atoms with E-state index in [1.807, 2.05) is 0 Å². The van der Waals surface area contributed by atoms with E-state index in [2.05, 4.69) is 38.2 Å². The van der Waals surface area contributed by atoms with Gasteiger partial charge in [0.25, 0.3) is 0 Å². The minimum absolute atomic E-state index is 0.0386. The molecule has 1 unspecified atom stereocenters. The Bertz CT molecular complexity index is 701. The summed E-state index contributed by atoms with van der Waals surface area (Å²) in [5.74, 6) is -0.985. The van der Waals surface area contributed by atoms with Crippen molar-refractivity contribution in [2.24, 2.45) is 0 Å². The largest absolute Gasteiger partial charge is 0.466 e. The molecule has 1 atom stereocenters. The summed E-state index contributed by atoms with van der Waals surface area (Å²) < 4.78 is 10.5. The number of carbonyl (C=O) groups excluding carboxylic acids is 2. The highest BCUT2D eigenvalue weighted by Gasteiger charge is 2.18. The van der Waals surface area contributed by atoms with Gasteiger partial charge in [-0.1, -0.05) is 154 Å². The lowest BCUT2D eigenvalue weighted by molar-refractivity contribution is -0.155. The molecule has 0 saturated carbocycles. The Morgan fingerprint density at radius 1 is 0.478 bits per heavy atom. The second kappa shape index (κ2) is 37.8. The van der Waals surface area contributed by atoms with Crippen molar-refractivity contribution in [2.75, 3.05) is 13.2 Å². The second-order valence-electron chi connectivity index (χ2n) is 13.3. The quantitative estimate of drug-likeness (QED) is 0.0416. The zero-order chi connectivity index (χ0) is 33.6. The lowest BCUT2D eigenvalue weighted by Crippen LogP contribution is -2.24. The Morgan fingerprint density at radius 3 is 1.20 bits per heavy atom. The van der Waals surface area contributed by atoms with Gasteiger partial charge in [0.1, 0.15) is 0 Å². The number of rotatable bonds is 36. The van der Waals surface area contributed by atoms with Gasteiger partial charge < -0.3 is 14.6 Å². The van der Waals surface area contributed by atoms with Gasteiger partial charge >= 0.3 is 11.9 Å². The van der Waals surface area contributed by atoms with E-state index in [0.29, 0.717) is 13.2 Å². The van der Waals surface area contributed by atoms with Crippen molar-refractivity contribution < 1.29 is 24.2 Å². The van der Waals surface area contributed by atoms with Gasteiger partial charge in [0.05, 0.1) is 13.2 Å². The normalized spacial score (nSPS) is 12.3. The van der Waals surface area contributed by atoms with Gasteiger partial charge in [-0.3, -0.25) is 4.79 Å². The standard InChI is InChI=1S/C41H76O5/c1-3-5-7-9-11-13-15-17-19-21-23-25-27-29-31-33-37-45-40(43)36-35-39(42)41(44)46-38-34-32-30-28-26-24-22-20-18-16-14-12-10-8-6-4-2/h17-20,39,42H,3-16,21-38H2,1-2H3/b19-17-,20-18-. The molecule has 0 heterocycles. The van der Waals surface area contributed by atoms with Gasteiger partial charge in [-0.25, -0.2) is 4.79 Å². The highest BCUT2D eigenvalue weighted by atomic mass is 16.5. The lowest BCUT2D eigenvalue weighted by Gasteiger charge is -2.10. The molecule has 5 nitrogen and oxygen atoms in total. The van der Waals surface area contributed by atoms with Gasteiger partial charge in [0, 0.05) is 6.42 Å². The third-order valence-corrected chi connectivity index (χ3v) is 8.71. The molecule has 0 aliphatic carbocycles. The van der Waals surface area contributed by atoms with Crippen molar-refractivity contribution >= 4 is 11.9 Å². The monoisotopic (exact) mass is 649 g/mol. The number of ether oxygens (including phenoxy) is 2. The first-order valence-corrected chi connectivity index (χ1v) is 19.9. The maximum atomic E-state index is 12.0. The van der Waals surface area contributed by atoms with Crippen LogP contribution < -0.4 is 0 Å². The summed E-state index contributed by atoms with van der Waals surface area (Å²) in [7, 11) is 0. The molecule has 0 aromatic carbocycles. The molecule has 0 aliphatic heterocycles. The van der Waals surface area contributed by atoms with Gasteiger partial charge in [0.15, 0.2) is 6.10 Å². The molecule has 0 radical (unpaired) electrons. The Morgan fingerprint density at radius 2 is 0.804 bits per heavy atom. The van der Waals surface area contributed by atoms with Crippen molar-refractivity contribution in [2.45, 2.75) is 213 Å². The molecule has 1 N–H and O–H groups in total. The molecule has 0 aromatic heterocycles. The van der Waals surface area contributed by atoms with E-state index in [1.165, 1.54) is 148 Å². The molecule has 0 amide bonds.